The Bertz CT molecular complexity index is 632. The van der Waals surface area contributed by atoms with Crippen molar-refractivity contribution in [2.45, 2.75) is 19.4 Å². The maximum absolute atomic E-state index is 5.77. The highest BCUT2D eigenvalue weighted by Gasteiger charge is 2.16. The third-order valence-electron chi connectivity index (χ3n) is 3.41. The van der Waals surface area contributed by atoms with E-state index in [1.807, 2.05) is 18.2 Å². The van der Waals surface area contributed by atoms with Crippen LogP contribution in [0.1, 0.15) is 22.7 Å². The van der Waals surface area contributed by atoms with Gasteiger partial charge >= 0.3 is 0 Å². The summed E-state index contributed by atoms with van der Waals surface area (Å²) in [6, 6.07) is 12.2. The van der Waals surface area contributed by atoms with Crippen LogP contribution in [0.2, 0.25) is 0 Å². The van der Waals surface area contributed by atoms with E-state index in [0.717, 1.165) is 32.2 Å². The topological polar surface area (TPSA) is 47.3 Å². The minimum Gasteiger partial charge on any atom is -0.497 e. The zero-order valence-corrected chi connectivity index (χ0v) is 15.2. The number of benzene rings is 2. The normalized spacial score (nSPS) is 12.2. The van der Waals surface area contributed by atoms with E-state index in [4.69, 9.17) is 10.6 Å². The molecule has 0 bridgehead atoms. The molecule has 21 heavy (non-hydrogen) atoms. The number of ether oxygens (including phenoxy) is 1. The molecule has 2 aromatic carbocycles. The van der Waals surface area contributed by atoms with Crippen LogP contribution in [0.5, 0.6) is 5.75 Å². The van der Waals surface area contributed by atoms with Crippen LogP contribution in [0.4, 0.5) is 0 Å². The summed E-state index contributed by atoms with van der Waals surface area (Å²) in [5, 5.41) is 0. The Morgan fingerprint density at radius 3 is 2.52 bits per heavy atom. The van der Waals surface area contributed by atoms with Crippen molar-refractivity contribution < 1.29 is 4.74 Å². The van der Waals surface area contributed by atoms with Crippen molar-refractivity contribution in [3.8, 4) is 5.75 Å². The van der Waals surface area contributed by atoms with E-state index in [2.05, 4.69) is 62.4 Å². The lowest BCUT2D eigenvalue weighted by molar-refractivity contribution is 0.413. The number of nitrogens with one attached hydrogen (secondary N) is 1. The molecule has 1 atom stereocenters. The molecule has 2 rings (SSSR count). The number of halogens is 2. The van der Waals surface area contributed by atoms with Gasteiger partial charge in [-0.3, -0.25) is 11.3 Å². The van der Waals surface area contributed by atoms with Crippen molar-refractivity contribution in [3.05, 3.63) is 62.0 Å². The Morgan fingerprint density at radius 2 is 1.86 bits per heavy atom. The van der Waals surface area contributed by atoms with Gasteiger partial charge in [0, 0.05) is 8.95 Å². The minimum atomic E-state index is 0.0164. The van der Waals surface area contributed by atoms with Gasteiger partial charge in [0.1, 0.15) is 5.75 Å². The monoisotopic (exact) mass is 412 g/mol. The fourth-order valence-electron chi connectivity index (χ4n) is 2.24. The first-order chi connectivity index (χ1) is 10.0. The summed E-state index contributed by atoms with van der Waals surface area (Å²) in [5.41, 5.74) is 6.40. The second-order valence-electron chi connectivity index (χ2n) is 4.91. The summed E-state index contributed by atoms with van der Waals surface area (Å²) < 4.78 is 7.39. The number of rotatable bonds is 5. The van der Waals surface area contributed by atoms with Crippen molar-refractivity contribution in [1.82, 2.24) is 5.43 Å². The molecule has 0 aromatic heterocycles. The maximum Gasteiger partial charge on any atom is 0.119 e. The zero-order chi connectivity index (χ0) is 15.4. The first-order valence-electron chi connectivity index (χ1n) is 6.59. The molecule has 0 saturated carbocycles. The van der Waals surface area contributed by atoms with E-state index in [-0.39, 0.29) is 6.04 Å². The van der Waals surface area contributed by atoms with Crippen LogP contribution in [-0.4, -0.2) is 7.11 Å². The van der Waals surface area contributed by atoms with E-state index in [1.54, 1.807) is 7.11 Å². The Balaban J connectivity index is 2.33. The van der Waals surface area contributed by atoms with Crippen LogP contribution in [0.15, 0.2) is 45.3 Å². The Morgan fingerprint density at radius 1 is 1.14 bits per heavy atom. The van der Waals surface area contributed by atoms with E-state index in [9.17, 15) is 0 Å². The van der Waals surface area contributed by atoms with E-state index >= 15 is 0 Å². The highest BCUT2D eigenvalue weighted by molar-refractivity contribution is 9.10. The number of nitrogens with two attached hydrogens (primary N) is 1. The zero-order valence-electron chi connectivity index (χ0n) is 12.0. The lowest BCUT2D eigenvalue weighted by atomic mass is 9.98. The van der Waals surface area contributed by atoms with Crippen molar-refractivity contribution in [2.24, 2.45) is 5.84 Å². The van der Waals surface area contributed by atoms with Crippen LogP contribution in [-0.2, 0) is 6.42 Å². The first-order valence-corrected chi connectivity index (χ1v) is 8.18. The Labute approximate surface area is 142 Å². The predicted molar refractivity (Wildman–Crippen MR) is 93.3 cm³/mol. The molecule has 0 aliphatic heterocycles. The summed E-state index contributed by atoms with van der Waals surface area (Å²) in [7, 11) is 1.67. The smallest absolute Gasteiger partial charge is 0.119 e. The van der Waals surface area contributed by atoms with Gasteiger partial charge in [-0.1, -0.05) is 49.6 Å². The van der Waals surface area contributed by atoms with Gasteiger partial charge in [0.15, 0.2) is 0 Å². The minimum absolute atomic E-state index is 0.0164. The molecule has 3 N–H and O–H groups in total. The molecular formula is C16H18Br2N2O. The lowest BCUT2D eigenvalue weighted by Crippen LogP contribution is -2.30. The molecular weight excluding hydrogens is 396 g/mol. The van der Waals surface area contributed by atoms with Crippen LogP contribution in [0.3, 0.4) is 0 Å². The highest BCUT2D eigenvalue weighted by Crippen LogP contribution is 2.30. The average Bonchev–Trinajstić information content (AvgIpc) is 2.49. The highest BCUT2D eigenvalue weighted by atomic mass is 79.9. The number of hydrogen-bond donors (Lipinski definition) is 2. The standard InChI is InChI=1S/C16H18Br2N2O/c1-10-3-5-15(18)13(7-10)16(20-19)9-11-8-12(21-2)4-6-14(11)17/h3-8,16,20H,9,19H2,1-2H3. The second-order valence-corrected chi connectivity index (χ2v) is 6.61. The molecule has 112 valence electrons. The third-order valence-corrected chi connectivity index (χ3v) is 4.90. The molecule has 0 fully saturated rings. The first kappa shape index (κ1) is 16.5. The van der Waals surface area contributed by atoms with Gasteiger partial charge in [-0.2, -0.15) is 0 Å². The summed E-state index contributed by atoms with van der Waals surface area (Å²) in [5.74, 6) is 6.61. The van der Waals surface area contributed by atoms with E-state index < -0.39 is 0 Å². The largest absolute Gasteiger partial charge is 0.497 e. The second kappa shape index (κ2) is 7.40. The summed E-state index contributed by atoms with van der Waals surface area (Å²) in [4.78, 5) is 0. The van der Waals surface area contributed by atoms with Crippen molar-refractivity contribution in [1.29, 1.82) is 0 Å². The number of methoxy groups -OCH3 is 1. The van der Waals surface area contributed by atoms with Crippen molar-refractivity contribution >= 4 is 31.9 Å². The van der Waals surface area contributed by atoms with Crippen LogP contribution >= 0.6 is 31.9 Å². The molecule has 0 spiro atoms. The molecule has 0 saturated heterocycles. The summed E-state index contributed by atoms with van der Waals surface area (Å²) in [6.07, 6.45) is 0.760. The quantitative estimate of drug-likeness (QED) is 0.568. The van der Waals surface area contributed by atoms with Gasteiger partial charge in [0.2, 0.25) is 0 Å². The molecule has 0 radical (unpaired) electrons. The number of hydrogen-bond acceptors (Lipinski definition) is 3. The van der Waals surface area contributed by atoms with Gasteiger partial charge in [-0.15, -0.1) is 0 Å². The molecule has 0 aliphatic rings. The van der Waals surface area contributed by atoms with E-state index in [0.29, 0.717) is 0 Å². The molecule has 3 nitrogen and oxygen atoms in total. The molecule has 1 unspecified atom stereocenters. The third kappa shape index (κ3) is 4.07. The van der Waals surface area contributed by atoms with Crippen LogP contribution in [0.25, 0.3) is 0 Å². The van der Waals surface area contributed by atoms with Gasteiger partial charge < -0.3 is 4.74 Å². The average molecular weight is 414 g/mol. The summed E-state index contributed by atoms with van der Waals surface area (Å²) >= 11 is 7.19. The van der Waals surface area contributed by atoms with Crippen LogP contribution < -0.4 is 16.0 Å². The summed E-state index contributed by atoms with van der Waals surface area (Å²) in [6.45, 7) is 2.07. The van der Waals surface area contributed by atoms with Gasteiger partial charge in [0.25, 0.3) is 0 Å². The van der Waals surface area contributed by atoms with Crippen LogP contribution in [0, 0.1) is 6.92 Å². The van der Waals surface area contributed by atoms with Gasteiger partial charge in [0.05, 0.1) is 13.2 Å². The Hall–Kier alpha value is -0.880. The molecule has 2 aromatic rings. The van der Waals surface area contributed by atoms with Gasteiger partial charge in [-0.25, -0.2) is 0 Å². The molecule has 0 amide bonds. The fourth-order valence-corrected chi connectivity index (χ4v) is 3.17. The van der Waals surface area contributed by atoms with Crippen molar-refractivity contribution in [3.63, 3.8) is 0 Å². The van der Waals surface area contributed by atoms with E-state index in [1.165, 1.54) is 5.56 Å². The Kier molecular flexibility index (Phi) is 5.81. The molecule has 0 heterocycles. The van der Waals surface area contributed by atoms with Crippen molar-refractivity contribution in [2.75, 3.05) is 7.11 Å². The number of hydrazine groups is 1. The SMILES string of the molecule is COc1ccc(Br)c(CC(NN)c2cc(C)ccc2Br)c1. The van der Waals surface area contributed by atoms with Gasteiger partial charge in [-0.05, 0) is 48.7 Å². The fraction of sp³-hybridized carbons (Fsp3) is 0.250. The predicted octanol–water partition coefficient (Wildman–Crippen LogP) is 4.28. The lowest BCUT2D eigenvalue weighted by Gasteiger charge is -2.19. The maximum atomic E-state index is 5.77. The molecule has 0 aliphatic carbocycles. The number of aryl methyl sites for hydroxylation is 1. The molecule has 5 heteroatoms.